The number of hydrogen-bond donors (Lipinski definition) is 0. The number of Topliss-reactive ketones (excluding diaryl/α,β-unsaturated/α-hetero) is 1. The fourth-order valence-electron chi connectivity index (χ4n) is 3.47. The Kier molecular flexibility index (Phi) is 5.27. The average molecular weight is 392 g/mol. The zero-order chi connectivity index (χ0) is 21.7. The molecule has 1 heterocycles. The lowest BCUT2D eigenvalue weighted by molar-refractivity contribution is -0.158. The van der Waals surface area contributed by atoms with E-state index in [1.54, 1.807) is 6.08 Å². The molecule has 1 atom stereocenters. The van der Waals surface area contributed by atoms with Gasteiger partial charge < -0.3 is 18.9 Å². The maximum atomic E-state index is 13.7. The van der Waals surface area contributed by atoms with Crippen LogP contribution in [0.1, 0.15) is 41.5 Å². The molecular formula is C21H28O7. The zero-order valence-corrected chi connectivity index (χ0v) is 17.9. The lowest BCUT2D eigenvalue weighted by Crippen LogP contribution is -2.51. The molecule has 0 aromatic carbocycles. The number of carbonyl (C=O) groups is 3. The number of rotatable bonds is 3. The molecule has 7 heteroatoms. The van der Waals surface area contributed by atoms with Crippen LogP contribution < -0.4 is 0 Å². The highest BCUT2D eigenvalue weighted by atomic mass is 16.6. The van der Waals surface area contributed by atoms with Crippen molar-refractivity contribution in [3.63, 3.8) is 0 Å². The van der Waals surface area contributed by atoms with E-state index in [4.69, 9.17) is 18.9 Å². The van der Waals surface area contributed by atoms with Gasteiger partial charge in [0, 0.05) is 11.1 Å². The molecule has 0 amide bonds. The summed E-state index contributed by atoms with van der Waals surface area (Å²) in [4.78, 5) is 39.0. The molecular weight excluding hydrogens is 364 g/mol. The SMILES string of the molecule is COC(=O)C1=C(OC)C(=O)OC12C(=O)C(C(C)(C)C)=CC(C(C)(C)C)=C2OC. The molecule has 0 fully saturated rings. The molecule has 2 aliphatic rings. The Bertz CT molecular complexity index is 828. The average Bonchev–Trinajstić information content (AvgIpc) is 2.87. The van der Waals surface area contributed by atoms with E-state index in [9.17, 15) is 14.4 Å². The quantitative estimate of drug-likeness (QED) is 0.682. The van der Waals surface area contributed by atoms with Crippen LogP contribution in [0.3, 0.4) is 0 Å². The second kappa shape index (κ2) is 6.79. The molecule has 0 N–H and O–H groups in total. The number of allylic oxidation sites excluding steroid dienone is 2. The molecule has 0 saturated carbocycles. The van der Waals surface area contributed by atoms with Crippen molar-refractivity contribution in [3.8, 4) is 0 Å². The summed E-state index contributed by atoms with van der Waals surface area (Å²) in [6.07, 6.45) is 1.76. The monoisotopic (exact) mass is 392 g/mol. The van der Waals surface area contributed by atoms with Gasteiger partial charge in [-0.05, 0) is 16.9 Å². The first-order valence-electron chi connectivity index (χ1n) is 8.94. The molecule has 154 valence electrons. The summed E-state index contributed by atoms with van der Waals surface area (Å²) < 4.78 is 21.2. The lowest BCUT2D eigenvalue weighted by Gasteiger charge is -2.40. The predicted octanol–water partition coefficient (Wildman–Crippen LogP) is 2.86. The van der Waals surface area contributed by atoms with Gasteiger partial charge in [-0.25, -0.2) is 9.59 Å². The summed E-state index contributed by atoms with van der Waals surface area (Å²) >= 11 is 0. The summed E-state index contributed by atoms with van der Waals surface area (Å²) in [5.41, 5.74) is -2.39. The number of ketones is 1. The van der Waals surface area contributed by atoms with Gasteiger partial charge in [-0.15, -0.1) is 0 Å². The molecule has 1 aliphatic heterocycles. The molecule has 7 nitrogen and oxygen atoms in total. The third-order valence-corrected chi connectivity index (χ3v) is 4.84. The van der Waals surface area contributed by atoms with E-state index >= 15 is 0 Å². The zero-order valence-electron chi connectivity index (χ0n) is 17.9. The number of carbonyl (C=O) groups excluding carboxylic acids is 3. The van der Waals surface area contributed by atoms with E-state index in [1.165, 1.54) is 14.2 Å². The highest BCUT2D eigenvalue weighted by molar-refractivity contribution is 6.19. The summed E-state index contributed by atoms with van der Waals surface area (Å²) in [5, 5.41) is 0. The van der Waals surface area contributed by atoms with Gasteiger partial charge >= 0.3 is 11.9 Å². The Balaban J connectivity index is 3.02. The van der Waals surface area contributed by atoms with Crippen LogP contribution in [0.4, 0.5) is 0 Å². The summed E-state index contributed by atoms with van der Waals surface area (Å²) in [6.45, 7) is 11.4. The Hall–Kier alpha value is -2.57. The number of esters is 2. The van der Waals surface area contributed by atoms with Gasteiger partial charge in [0.15, 0.2) is 5.76 Å². The van der Waals surface area contributed by atoms with Gasteiger partial charge in [-0.3, -0.25) is 4.79 Å². The van der Waals surface area contributed by atoms with Crippen LogP contribution >= 0.6 is 0 Å². The van der Waals surface area contributed by atoms with E-state index in [0.29, 0.717) is 11.1 Å². The smallest absolute Gasteiger partial charge is 0.376 e. The second-order valence-electron chi connectivity index (χ2n) is 8.80. The largest absolute Gasteiger partial charge is 0.496 e. The van der Waals surface area contributed by atoms with Gasteiger partial charge in [0.25, 0.3) is 5.60 Å². The normalized spacial score (nSPS) is 23.1. The molecule has 0 aromatic heterocycles. The fourth-order valence-corrected chi connectivity index (χ4v) is 3.47. The van der Waals surface area contributed by atoms with Crippen LogP contribution in [-0.4, -0.2) is 44.7 Å². The van der Waals surface area contributed by atoms with E-state index in [0.717, 1.165) is 7.11 Å². The minimum absolute atomic E-state index is 0.0822. The highest BCUT2D eigenvalue weighted by Crippen LogP contribution is 2.51. The molecule has 0 saturated heterocycles. The Morgan fingerprint density at radius 2 is 1.54 bits per heavy atom. The first-order chi connectivity index (χ1) is 12.8. The highest BCUT2D eigenvalue weighted by Gasteiger charge is 2.65. The summed E-state index contributed by atoms with van der Waals surface area (Å²) in [7, 11) is 3.76. The van der Waals surface area contributed by atoms with Crippen LogP contribution in [0.5, 0.6) is 0 Å². The van der Waals surface area contributed by atoms with Crippen molar-refractivity contribution in [2.75, 3.05) is 21.3 Å². The minimum atomic E-state index is -2.08. The predicted molar refractivity (Wildman–Crippen MR) is 101 cm³/mol. The maximum Gasteiger partial charge on any atom is 0.376 e. The molecule has 2 rings (SSSR count). The van der Waals surface area contributed by atoms with Crippen molar-refractivity contribution in [2.24, 2.45) is 10.8 Å². The van der Waals surface area contributed by atoms with Crippen molar-refractivity contribution in [1.82, 2.24) is 0 Å². The third-order valence-electron chi connectivity index (χ3n) is 4.84. The number of hydrogen-bond acceptors (Lipinski definition) is 7. The van der Waals surface area contributed by atoms with Gasteiger partial charge in [0.2, 0.25) is 11.5 Å². The van der Waals surface area contributed by atoms with E-state index < -0.39 is 34.2 Å². The van der Waals surface area contributed by atoms with Crippen LogP contribution in [0.2, 0.25) is 0 Å². The Labute approximate surface area is 165 Å². The number of methoxy groups -OCH3 is 3. The standard InChI is InChI=1S/C21H28O7/c1-19(2,3)11-10-12(20(4,5)6)16(26-8)21(15(11)22)13(17(23)27-9)14(25-7)18(24)28-21/h10H,1-9H3. The Morgan fingerprint density at radius 1 is 0.964 bits per heavy atom. The molecule has 1 aliphatic carbocycles. The fraction of sp³-hybridized carbons (Fsp3) is 0.571. The molecule has 0 bridgehead atoms. The number of ether oxygens (including phenoxy) is 4. The van der Waals surface area contributed by atoms with Crippen molar-refractivity contribution in [2.45, 2.75) is 47.1 Å². The van der Waals surface area contributed by atoms with E-state index in [2.05, 4.69) is 0 Å². The summed E-state index contributed by atoms with van der Waals surface area (Å²) in [5.74, 6) is -2.65. The van der Waals surface area contributed by atoms with Crippen LogP contribution in [-0.2, 0) is 33.3 Å². The first-order valence-corrected chi connectivity index (χ1v) is 8.94. The van der Waals surface area contributed by atoms with E-state index in [1.807, 2.05) is 41.5 Å². The molecule has 0 radical (unpaired) electrons. The van der Waals surface area contributed by atoms with Gasteiger partial charge in [0.1, 0.15) is 5.57 Å². The second-order valence-corrected chi connectivity index (χ2v) is 8.80. The van der Waals surface area contributed by atoms with Crippen molar-refractivity contribution < 1.29 is 33.3 Å². The lowest BCUT2D eigenvalue weighted by atomic mass is 9.67. The van der Waals surface area contributed by atoms with Gasteiger partial charge in [-0.2, -0.15) is 0 Å². The van der Waals surface area contributed by atoms with Crippen molar-refractivity contribution in [1.29, 1.82) is 0 Å². The Morgan fingerprint density at radius 3 is 1.93 bits per heavy atom. The third kappa shape index (κ3) is 3.02. The molecule has 1 unspecified atom stereocenters. The van der Waals surface area contributed by atoms with Crippen molar-refractivity contribution >= 4 is 17.7 Å². The molecule has 0 aromatic rings. The van der Waals surface area contributed by atoms with Crippen LogP contribution in [0.25, 0.3) is 0 Å². The molecule has 28 heavy (non-hydrogen) atoms. The van der Waals surface area contributed by atoms with E-state index in [-0.39, 0.29) is 17.1 Å². The molecule has 1 spiro atoms. The van der Waals surface area contributed by atoms with Crippen LogP contribution in [0, 0.1) is 10.8 Å². The van der Waals surface area contributed by atoms with Crippen molar-refractivity contribution in [3.05, 3.63) is 34.3 Å². The van der Waals surface area contributed by atoms with Crippen LogP contribution in [0.15, 0.2) is 34.3 Å². The summed E-state index contributed by atoms with van der Waals surface area (Å²) in [6, 6.07) is 0. The van der Waals surface area contributed by atoms with Gasteiger partial charge in [-0.1, -0.05) is 41.5 Å². The van der Waals surface area contributed by atoms with Gasteiger partial charge in [0.05, 0.1) is 21.3 Å². The minimum Gasteiger partial charge on any atom is -0.496 e. The first kappa shape index (κ1) is 21.7. The maximum absolute atomic E-state index is 13.7. The topological polar surface area (TPSA) is 88.1 Å².